The van der Waals surface area contributed by atoms with Gasteiger partial charge in [0.25, 0.3) is 0 Å². The van der Waals surface area contributed by atoms with E-state index in [0.717, 1.165) is 41.4 Å². The number of anilines is 1. The van der Waals surface area contributed by atoms with Crippen LogP contribution >= 0.6 is 12.2 Å². The van der Waals surface area contributed by atoms with Gasteiger partial charge in [-0.05, 0) is 25.0 Å². The van der Waals surface area contributed by atoms with Crippen molar-refractivity contribution in [2.75, 3.05) is 12.1 Å². The first-order valence-corrected chi connectivity index (χ1v) is 5.90. The summed E-state index contributed by atoms with van der Waals surface area (Å²) in [4.78, 5) is 0.876. The van der Waals surface area contributed by atoms with E-state index in [2.05, 4.69) is 12.2 Å². The van der Waals surface area contributed by atoms with Crippen molar-refractivity contribution < 1.29 is 9.47 Å². The van der Waals surface area contributed by atoms with Crippen molar-refractivity contribution >= 4 is 22.9 Å². The number of ether oxygens (including phenoxy) is 2. The average Bonchev–Trinajstić information content (AvgIpc) is 2.73. The fourth-order valence-corrected chi connectivity index (χ4v) is 1.80. The smallest absolute Gasteiger partial charge is 0.231 e. The molecule has 1 aromatic carbocycles. The molecule has 0 amide bonds. The number of benzene rings is 1. The Morgan fingerprint density at radius 2 is 2.19 bits per heavy atom. The van der Waals surface area contributed by atoms with Crippen molar-refractivity contribution in [3.63, 3.8) is 0 Å². The van der Waals surface area contributed by atoms with Crippen LogP contribution in [0.3, 0.4) is 0 Å². The molecule has 16 heavy (non-hydrogen) atoms. The van der Waals surface area contributed by atoms with E-state index in [1.165, 1.54) is 0 Å². The normalized spacial score (nSPS) is 12.6. The van der Waals surface area contributed by atoms with Gasteiger partial charge in [-0.15, -0.1) is 0 Å². The van der Waals surface area contributed by atoms with Crippen LogP contribution in [0.15, 0.2) is 18.2 Å². The van der Waals surface area contributed by atoms with Crippen molar-refractivity contribution in [2.45, 2.75) is 26.2 Å². The van der Waals surface area contributed by atoms with Crippen molar-refractivity contribution in [1.82, 2.24) is 0 Å². The number of thiocarbonyl (C=S) groups is 1. The Kier molecular flexibility index (Phi) is 3.62. The van der Waals surface area contributed by atoms with Crippen molar-refractivity contribution in [2.24, 2.45) is 0 Å². The molecule has 0 fully saturated rings. The van der Waals surface area contributed by atoms with E-state index in [0.29, 0.717) is 6.79 Å². The van der Waals surface area contributed by atoms with Gasteiger partial charge in [-0.25, -0.2) is 0 Å². The van der Waals surface area contributed by atoms with Gasteiger partial charge in [0.1, 0.15) is 0 Å². The lowest BCUT2D eigenvalue weighted by molar-refractivity contribution is 0.174. The number of unbranched alkanes of at least 4 members (excludes halogenated alkanes) is 1. The molecule has 3 nitrogen and oxygen atoms in total. The highest BCUT2D eigenvalue weighted by Gasteiger charge is 2.13. The first kappa shape index (κ1) is 11.2. The Balaban J connectivity index is 1.97. The van der Waals surface area contributed by atoms with Gasteiger partial charge in [0.2, 0.25) is 6.79 Å². The first-order valence-electron chi connectivity index (χ1n) is 5.49. The quantitative estimate of drug-likeness (QED) is 0.813. The summed E-state index contributed by atoms with van der Waals surface area (Å²) in [6.07, 6.45) is 3.21. The highest BCUT2D eigenvalue weighted by molar-refractivity contribution is 7.80. The van der Waals surface area contributed by atoms with Crippen molar-refractivity contribution in [1.29, 1.82) is 0 Å². The predicted octanol–water partition coefficient (Wildman–Crippen LogP) is 3.34. The lowest BCUT2D eigenvalue weighted by Gasteiger charge is -2.07. The Morgan fingerprint density at radius 1 is 1.38 bits per heavy atom. The zero-order valence-electron chi connectivity index (χ0n) is 9.29. The molecule has 0 unspecified atom stereocenters. The minimum atomic E-state index is 0.305. The number of rotatable bonds is 4. The van der Waals surface area contributed by atoms with Crippen molar-refractivity contribution in [3.8, 4) is 11.5 Å². The lowest BCUT2D eigenvalue weighted by Crippen LogP contribution is -2.08. The summed E-state index contributed by atoms with van der Waals surface area (Å²) in [5.74, 6) is 1.58. The van der Waals surface area contributed by atoms with E-state index in [9.17, 15) is 0 Å². The maximum Gasteiger partial charge on any atom is 0.231 e. The van der Waals surface area contributed by atoms with Crippen LogP contribution in [0.5, 0.6) is 11.5 Å². The third-order valence-corrected chi connectivity index (χ3v) is 2.72. The molecule has 0 bridgehead atoms. The zero-order chi connectivity index (χ0) is 11.4. The molecule has 0 atom stereocenters. The monoisotopic (exact) mass is 237 g/mol. The van der Waals surface area contributed by atoms with Crippen LogP contribution in [-0.4, -0.2) is 11.8 Å². The van der Waals surface area contributed by atoms with Gasteiger partial charge in [-0.1, -0.05) is 25.6 Å². The summed E-state index contributed by atoms with van der Waals surface area (Å²) in [5.41, 5.74) is 0.963. The Hall–Kier alpha value is -1.29. The Labute approximate surface area is 101 Å². The Morgan fingerprint density at radius 3 is 3.00 bits per heavy atom. The van der Waals surface area contributed by atoms with Gasteiger partial charge in [0.05, 0.1) is 4.99 Å². The largest absolute Gasteiger partial charge is 0.454 e. The average molecular weight is 237 g/mol. The van der Waals surface area contributed by atoms with Crippen LogP contribution in [0.2, 0.25) is 0 Å². The van der Waals surface area contributed by atoms with Crippen LogP contribution in [0.25, 0.3) is 0 Å². The minimum absolute atomic E-state index is 0.305. The SMILES string of the molecule is CCCCC(=S)Nc1ccc2c(c1)OCO2. The standard InChI is InChI=1S/C12H15NO2S/c1-2-3-4-12(16)13-9-5-6-10-11(7-9)15-8-14-10/h5-7H,2-4,8H2,1H3,(H,13,16). The van der Waals surface area contributed by atoms with E-state index < -0.39 is 0 Å². The molecular weight excluding hydrogens is 222 g/mol. The molecule has 0 saturated carbocycles. The topological polar surface area (TPSA) is 30.5 Å². The summed E-state index contributed by atoms with van der Waals surface area (Å²) in [7, 11) is 0. The molecule has 1 aliphatic heterocycles. The van der Waals surface area contributed by atoms with Gasteiger partial charge in [0, 0.05) is 11.8 Å². The minimum Gasteiger partial charge on any atom is -0.454 e. The second-order valence-corrected chi connectivity index (χ2v) is 4.21. The highest BCUT2D eigenvalue weighted by atomic mass is 32.1. The van der Waals surface area contributed by atoms with Gasteiger partial charge in [-0.2, -0.15) is 0 Å². The molecule has 1 N–H and O–H groups in total. The van der Waals surface area contributed by atoms with E-state index >= 15 is 0 Å². The fourth-order valence-electron chi connectivity index (χ4n) is 1.54. The number of hydrogen-bond donors (Lipinski definition) is 1. The maximum atomic E-state index is 5.30. The molecule has 2 rings (SSSR count). The molecule has 1 aromatic rings. The molecule has 0 radical (unpaired) electrons. The number of fused-ring (bicyclic) bond motifs is 1. The van der Waals surface area contributed by atoms with Crippen LogP contribution in [-0.2, 0) is 0 Å². The summed E-state index contributed by atoms with van der Waals surface area (Å²) in [6.45, 7) is 2.46. The molecule has 0 saturated heterocycles. The van der Waals surface area contributed by atoms with Gasteiger partial charge in [-0.3, -0.25) is 0 Å². The number of nitrogens with one attached hydrogen (secondary N) is 1. The van der Waals surface area contributed by atoms with Crippen LogP contribution < -0.4 is 14.8 Å². The lowest BCUT2D eigenvalue weighted by atomic mass is 10.2. The summed E-state index contributed by atoms with van der Waals surface area (Å²) < 4.78 is 10.5. The number of hydrogen-bond acceptors (Lipinski definition) is 3. The summed E-state index contributed by atoms with van der Waals surface area (Å²) >= 11 is 5.25. The van der Waals surface area contributed by atoms with Crippen molar-refractivity contribution in [3.05, 3.63) is 18.2 Å². The summed E-state index contributed by atoms with van der Waals surface area (Å²) in [5, 5.41) is 3.20. The fraction of sp³-hybridized carbons (Fsp3) is 0.417. The van der Waals surface area contributed by atoms with E-state index in [1.807, 2.05) is 18.2 Å². The van der Waals surface area contributed by atoms with Gasteiger partial charge < -0.3 is 14.8 Å². The molecular formula is C12H15NO2S. The van der Waals surface area contributed by atoms with E-state index in [-0.39, 0.29) is 0 Å². The van der Waals surface area contributed by atoms with Gasteiger partial charge >= 0.3 is 0 Å². The predicted molar refractivity (Wildman–Crippen MR) is 68.3 cm³/mol. The molecule has 86 valence electrons. The van der Waals surface area contributed by atoms with E-state index in [1.54, 1.807) is 0 Å². The third kappa shape index (κ3) is 2.64. The zero-order valence-corrected chi connectivity index (χ0v) is 10.1. The van der Waals surface area contributed by atoms with E-state index in [4.69, 9.17) is 21.7 Å². The molecule has 4 heteroatoms. The molecule has 1 aliphatic rings. The molecule has 1 heterocycles. The highest BCUT2D eigenvalue weighted by Crippen LogP contribution is 2.34. The van der Waals surface area contributed by atoms with Crippen LogP contribution in [0.1, 0.15) is 26.2 Å². The van der Waals surface area contributed by atoms with Crippen LogP contribution in [0, 0.1) is 0 Å². The second-order valence-electron chi connectivity index (χ2n) is 3.72. The maximum absolute atomic E-state index is 5.30. The second kappa shape index (κ2) is 5.16. The summed E-state index contributed by atoms with van der Waals surface area (Å²) in [6, 6.07) is 5.76. The third-order valence-electron chi connectivity index (χ3n) is 2.41. The first-order chi connectivity index (χ1) is 7.79. The Bertz CT molecular complexity index is 393. The van der Waals surface area contributed by atoms with Crippen LogP contribution in [0.4, 0.5) is 5.69 Å². The molecule has 0 aromatic heterocycles. The molecule has 0 spiro atoms. The van der Waals surface area contributed by atoms with Gasteiger partial charge in [0.15, 0.2) is 11.5 Å². The molecule has 0 aliphatic carbocycles.